The maximum Gasteiger partial charge on any atom is 0.356 e. The number of carboxylic acids is 1. The largest absolute Gasteiger partial charge is 0.476 e. The number of rotatable bonds is 2. The van der Waals surface area contributed by atoms with Crippen molar-refractivity contribution in [1.82, 2.24) is 19.2 Å². The number of nitrogens with zero attached hydrogens (tertiary/aromatic N) is 4. The zero-order chi connectivity index (χ0) is 12.9. The lowest BCUT2D eigenvalue weighted by Crippen LogP contribution is -2.09. The molecule has 1 N–H and O–H groups in total. The predicted molar refractivity (Wildman–Crippen MR) is 66.6 cm³/mol. The topological polar surface area (TPSA) is 72.4 Å². The van der Waals surface area contributed by atoms with Crippen molar-refractivity contribution in [1.29, 1.82) is 0 Å². The summed E-state index contributed by atoms with van der Waals surface area (Å²) in [6, 6.07) is 1.89. The van der Waals surface area contributed by atoms with Crippen molar-refractivity contribution in [3.8, 4) is 5.82 Å². The molecule has 0 radical (unpaired) electrons. The van der Waals surface area contributed by atoms with Gasteiger partial charge in [0, 0.05) is 17.3 Å². The van der Waals surface area contributed by atoms with Gasteiger partial charge in [-0.15, -0.1) is 11.3 Å². The molecular formula is C11H10N4O2S. The molecule has 18 heavy (non-hydrogen) atoms. The molecule has 6 nitrogen and oxygen atoms in total. The molecule has 92 valence electrons. The third kappa shape index (κ3) is 1.44. The molecule has 0 aliphatic rings. The van der Waals surface area contributed by atoms with Crippen LogP contribution in [0.4, 0.5) is 0 Å². The Labute approximate surface area is 106 Å². The molecule has 3 aromatic heterocycles. The van der Waals surface area contributed by atoms with Crippen molar-refractivity contribution in [2.75, 3.05) is 0 Å². The number of hydrogen-bond donors (Lipinski definition) is 1. The molecule has 0 aliphatic carbocycles. The summed E-state index contributed by atoms with van der Waals surface area (Å²) < 4.78 is 3.14. The minimum Gasteiger partial charge on any atom is -0.476 e. The molecule has 0 bridgehead atoms. The average Bonchev–Trinajstić information content (AvgIpc) is 2.90. The van der Waals surface area contributed by atoms with Gasteiger partial charge in [-0.2, -0.15) is 10.1 Å². The Balaban J connectivity index is 2.34. The number of carbonyl (C=O) groups is 1. The molecule has 3 aromatic rings. The quantitative estimate of drug-likeness (QED) is 0.765. The zero-order valence-corrected chi connectivity index (χ0v) is 10.6. The smallest absolute Gasteiger partial charge is 0.356 e. The van der Waals surface area contributed by atoms with Crippen LogP contribution in [0.3, 0.4) is 0 Å². The maximum absolute atomic E-state index is 11.4. The summed E-state index contributed by atoms with van der Waals surface area (Å²) in [5.41, 5.74) is 1.83. The third-order valence-electron chi connectivity index (χ3n) is 2.66. The van der Waals surface area contributed by atoms with Gasteiger partial charge in [-0.05, 0) is 19.9 Å². The Bertz CT molecular complexity index is 752. The number of carboxylic acid groups (broad SMARTS) is 1. The highest BCUT2D eigenvalue weighted by Gasteiger charge is 2.22. The fourth-order valence-electron chi connectivity index (χ4n) is 1.96. The third-order valence-corrected chi connectivity index (χ3v) is 3.41. The van der Waals surface area contributed by atoms with E-state index in [1.807, 2.05) is 19.9 Å². The predicted octanol–water partition coefficient (Wildman–Crippen LogP) is 1.90. The lowest BCUT2D eigenvalue weighted by molar-refractivity contribution is 0.0689. The van der Waals surface area contributed by atoms with E-state index in [4.69, 9.17) is 0 Å². The molecule has 0 unspecified atom stereocenters. The molecule has 0 aliphatic heterocycles. The number of hydrogen-bond acceptors (Lipinski definition) is 4. The summed E-state index contributed by atoms with van der Waals surface area (Å²) in [6.07, 6.45) is 1.70. The van der Waals surface area contributed by atoms with Crippen molar-refractivity contribution in [3.63, 3.8) is 0 Å². The molecule has 3 rings (SSSR count). The Morgan fingerprint density at radius 3 is 2.83 bits per heavy atom. The van der Waals surface area contributed by atoms with Gasteiger partial charge in [0.2, 0.25) is 0 Å². The van der Waals surface area contributed by atoms with Crippen molar-refractivity contribution >= 4 is 22.3 Å². The summed E-state index contributed by atoms with van der Waals surface area (Å²) in [5.74, 6) is -0.650. The van der Waals surface area contributed by atoms with Crippen LogP contribution in [0, 0.1) is 13.8 Å². The monoisotopic (exact) mass is 262 g/mol. The second-order valence-corrected chi connectivity index (χ2v) is 4.86. The minimum absolute atomic E-state index is 0.137. The summed E-state index contributed by atoms with van der Waals surface area (Å²) in [5, 5.41) is 15.4. The van der Waals surface area contributed by atoms with Crippen LogP contribution in [0.15, 0.2) is 17.6 Å². The van der Waals surface area contributed by atoms with Gasteiger partial charge in [-0.1, -0.05) is 0 Å². The molecule has 0 saturated carbocycles. The van der Waals surface area contributed by atoms with Gasteiger partial charge in [0.25, 0.3) is 0 Å². The van der Waals surface area contributed by atoms with Gasteiger partial charge in [-0.3, -0.25) is 4.40 Å². The van der Waals surface area contributed by atoms with Crippen LogP contribution in [-0.2, 0) is 0 Å². The Morgan fingerprint density at radius 2 is 2.22 bits per heavy atom. The van der Waals surface area contributed by atoms with Crippen molar-refractivity contribution in [2.45, 2.75) is 13.8 Å². The first-order chi connectivity index (χ1) is 8.58. The van der Waals surface area contributed by atoms with Crippen LogP contribution in [0.5, 0.6) is 0 Å². The van der Waals surface area contributed by atoms with E-state index >= 15 is 0 Å². The van der Waals surface area contributed by atoms with E-state index in [0.717, 1.165) is 11.4 Å². The van der Waals surface area contributed by atoms with E-state index in [1.54, 1.807) is 20.7 Å². The Morgan fingerprint density at radius 1 is 1.44 bits per heavy atom. The molecular weight excluding hydrogens is 252 g/mol. The second kappa shape index (κ2) is 3.67. The highest BCUT2D eigenvalue weighted by Crippen LogP contribution is 2.21. The number of fused-ring (bicyclic) bond motifs is 1. The lowest BCUT2D eigenvalue weighted by atomic mass is 10.4. The van der Waals surface area contributed by atoms with E-state index in [9.17, 15) is 9.90 Å². The van der Waals surface area contributed by atoms with Gasteiger partial charge >= 0.3 is 5.97 Å². The SMILES string of the molecule is Cc1cc(C)n(-c2nc3sccn3c2C(=O)O)n1. The fourth-order valence-corrected chi connectivity index (χ4v) is 2.67. The Hall–Kier alpha value is -2.15. The van der Waals surface area contributed by atoms with Crippen LogP contribution in [-0.4, -0.2) is 30.2 Å². The lowest BCUT2D eigenvalue weighted by Gasteiger charge is -2.01. The number of imidazole rings is 1. The molecule has 0 amide bonds. The number of aryl methyl sites for hydroxylation is 2. The maximum atomic E-state index is 11.4. The van der Waals surface area contributed by atoms with Crippen LogP contribution < -0.4 is 0 Å². The van der Waals surface area contributed by atoms with E-state index in [0.29, 0.717) is 10.8 Å². The Kier molecular flexibility index (Phi) is 2.24. The number of aromatic carboxylic acids is 1. The standard InChI is InChI=1S/C11H10N4O2S/c1-6-5-7(2)15(13-6)9-8(10(16)17)14-3-4-18-11(14)12-9/h3-5H,1-2H3,(H,16,17). The fraction of sp³-hybridized carbons (Fsp3) is 0.182. The summed E-state index contributed by atoms with van der Waals surface area (Å²) in [7, 11) is 0. The highest BCUT2D eigenvalue weighted by molar-refractivity contribution is 7.15. The first-order valence-corrected chi connectivity index (χ1v) is 6.18. The summed E-state index contributed by atoms with van der Waals surface area (Å²) >= 11 is 1.39. The van der Waals surface area contributed by atoms with Crippen LogP contribution in [0.2, 0.25) is 0 Å². The normalized spacial score (nSPS) is 11.2. The van der Waals surface area contributed by atoms with Gasteiger partial charge < -0.3 is 5.11 Å². The van der Waals surface area contributed by atoms with Gasteiger partial charge in [0.1, 0.15) is 0 Å². The number of thiazole rings is 1. The van der Waals surface area contributed by atoms with Crippen molar-refractivity contribution in [2.24, 2.45) is 0 Å². The first-order valence-electron chi connectivity index (χ1n) is 5.30. The highest BCUT2D eigenvalue weighted by atomic mass is 32.1. The van der Waals surface area contributed by atoms with Gasteiger partial charge in [-0.25, -0.2) is 9.48 Å². The molecule has 0 fully saturated rings. The minimum atomic E-state index is -1.01. The van der Waals surface area contributed by atoms with E-state index in [2.05, 4.69) is 10.1 Å². The second-order valence-electron chi connectivity index (χ2n) is 3.98. The first kappa shape index (κ1) is 11.0. The van der Waals surface area contributed by atoms with Crippen molar-refractivity contribution in [3.05, 3.63) is 34.7 Å². The molecule has 0 aromatic carbocycles. The van der Waals surface area contributed by atoms with Gasteiger partial charge in [0.15, 0.2) is 16.5 Å². The average molecular weight is 262 g/mol. The molecule has 0 spiro atoms. The van der Waals surface area contributed by atoms with E-state index < -0.39 is 5.97 Å². The number of aromatic nitrogens is 4. The molecule has 0 saturated heterocycles. The van der Waals surface area contributed by atoms with Gasteiger partial charge in [0.05, 0.1) is 5.69 Å². The zero-order valence-electron chi connectivity index (χ0n) is 9.78. The van der Waals surface area contributed by atoms with Crippen LogP contribution >= 0.6 is 11.3 Å². The van der Waals surface area contributed by atoms with Crippen LogP contribution in [0.25, 0.3) is 10.8 Å². The molecule has 3 heterocycles. The van der Waals surface area contributed by atoms with Crippen LogP contribution in [0.1, 0.15) is 21.9 Å². The molecule has 0 atom stereocenters. The van der Waals surface area contributed by atoms with E-state index in [1.165, 1.54) is 11.3 Å². The molecule has 7 heteroatoms. The van der Waals surface area contributed by atoms with E-state index in [-0.39, 0.29) is 5.69 Å². The van der Waals surface area contributed by atoms with Crippen molar-refractivity contribution < 1.29 is 9.90 Å². The summed E-state index contributed by atoms with van der Waals surface area (Å²) in [4.78, 5) is 16.4. The summed E-state index contributed by atoms with van der Waals surface area (Å²) in [6.45, 7) is 3.74.